The lowest BCUT2D eigenvalue weighted by molar-refractivity contribution is 0.449. The molecule has 1 aliphatic rings. The fraction of sp³-hybridized carbons (Fsp3) is 0.700. The highest BCUT2D eigenvalue weighted by atomic mass is 15.1. The smallest absolute Gasteiger partial charge is 0.108 e. The van der Waals surface area contributed by atoms with Gasteiger partial charge >= 0.3 is 0 Å². The third kappa shape index (κ3) is 1.37. The average molecular weight is 179 g/mol. The molecular weight excluding hydrogens is 162 g/mol. The molecule has 1 atom stereocenters. The third-order valence-corrected chi connectivity index (χ3v) is 2.84. The van der Waals surface area contributed by atoms with Crippen LogP contribution in [-0.2, 0) is 19.4 Å². The molecule has 0 spiro atoms. The van der Waals surface area contributed by atoms with Crippen molar-refractivity contribution in [1.29, 1.82) is 0 Å². The summed E-state index contributed by atoms with van der Waals surface area (Å²) in [7, 11) is 0. The second-order valence-electron chi connectivity index (χ2n) is 3.82. The summed E-state index contributed by atoms with van der Waals surface area (Å²) in [5, 5.41) is 0. The SMILES string of the molecule is CCc1nc(C)c2n1CC(N)CC2. The first kappa shape index (κ1) is 8.75. The zero-order chi connectivity index (χ0) is 9.42. The minimum absolute atomic E-state index is 0.325. The molecule has 1 aromatic heterocycles. The van der Waals surface area contributed by atoms with Crippen LogP contribution in [0.2, 0.25) is 0 Å². The highest BCUT2D eigenvalue weighted by molar-refractivity contribution is 5.18. The van der Waals surface area contributed by atoms with Crippen LogP contribution in [-0.4, -0.2) is 15.6 Å². The molecule has 0 amide bonds. The van der Waals surface area contributed by atoms with Crippen molar-refractivity contribution >= 4 is 0 Å². The molecule has 1 unspecified atom stereocenters. The van der Waals surface area contributed by atoms with Crippen LogP contribution in [0.5, 0.6) is 0 Å². The molecule has 0 fully saturated rings. The first-order valence-electron chi connectivity index (χ1n) is 5.02. The van der Waals surface area contributed by atoms with Gasteiger partial charge in [-0.3, -0.25) is 0 Å². The highest BCUT2D eigenvalue weighted by Crippen LogP contribution is 2.19. The van der Waals surface area contributed by atoms with Gasteiger partial charge in [0.1, 0.15) is 5.82 Å². The highest BCUT2D eigenvalue weighted by Gasteiger charge is 2.20. The largest absolute Gasteiger partial charge is 0.330 e. The maximum atomic E-state index is 5.93. The Labute approximate surface area is 79.0 Å². The van der Waals surface area contributed by atoms with Gasteiger partial charge < -0.3 is 10.3 Å². The van der Waals surface area contributed by atoms with Gasteiger partial charge in [-0.2, -0.15) is 0 Å². The predicted molar refractivity (Wildman–Crippen MR) is 52.6 cm³/mol. The van der Waals surface area contributed by atoms with E-state index in [0.717, 1.165) is 25.8 Å². The topological polar surface area (TPSA) is 43.8 Å². The lowest BCUT2D eigenvalue weighted by Crippen LogP contribution is -2.32. The molecule has 0 aliphatic carbocycles. The summed E-state index contributed by atoms with van der Waals surface area (Å²) in [5.41, 5.74) is 8.53. The molecule has 13 heavy (non-hydrogen) atoms. The number of hydrogen-bond donors (Lipinski definition) is 1. The molecule has 3 heteroatoms. The van der Waals surface area contributed by atoms with Crippen molar-refractivity contribution in [3.8, 4) is 0 Å². The summed E-state index contributed by atoms with van der Waals surface area (Å²) >= 11 is 0. The fourth-order valence-corrected chi connectivity index (χ4v) is 2.12. The molecule has 3 nitrogen and oxygen atoms in total. The van der Waals surface area contributed by atoms with Gasteiger partial charge in [0.2, 0.25) is 0 Å². The van der Waals surface area contributed by atoms with E-state index in [9.17, 15) is 0 Å². The molecule has 0 saturated carbocycles. The van der Waals surface area contributed by atoms with Gasteiger partial charge in [0.15, 0.2) is 0 Å². The number of nitrogens with zero attached hydrogens (tertiary/aromatic N) is 2. The second kappa shape index (κ2) is 3.14. The van der Waals surface area contributed by atoms with Gasteiger partial charge in [-0.15, -0.1) is 0 Å². The Bertz CT molecular complexity index is 314. The molecule has 1 aromatic rings. The second-order valence-corrected chi connectivity index (χ2v) is 3.82. The van der Waals surface area contributed by atoms with E-state index in [2.05, 4.69) is 23.4 Å². The van der Waals surface area contributed by atoms with E-state index in [1.54, 1.807) is 0 Å². The molecule has 1 aliphatic heterocycles. The minimum atomic E-state index is 0.325. The number of nitrogens with two attached hydrogens (primary N) is 1. The normalized spacial score (nSPS) is 21.6. The maximum Gasteiger partial charge on any atom is 0.108 e. The first-order chi connectivity index (χ1) is 6.22. The number of aryl methyl sites for hydroxylation is 2. The van der Waals surface area contributed by atoms with E-state index >= 15 is 0 Å². The monoisotopic (exact) mass is 179 g/mol. The maximum absolute atomic E-state index is 5.93. The van der Waals surface area contributed by atoms with Crippen LogP contribution in [0.1, 0.15) is 30.6 Å². The van der Waals surface area contributed by atoms with Gasteiger partial charge in [-0.1, -0.05) is 6.92 Å². The van der Waals surface area contributed by atoms with Crippen molar-refractivity contribution in [1.82, 2.24) is 9.55 Å². The Morgan fingerprint density at radius 3 is 3.08 bits per heavy atom. The summed E-state index contributed by atoms with van der Waals surface area (Å²) < 4.78 is 2.31. The lowest BCUT2D eigenvalue weighted by Gasteiger charge is -2.22. The molecular formula is C10H17N3. The van der Waals surface area contributed by atoms with Gasteiger partial charge in [0.25, 0.3) is 0 Å². The zero-order valence-corrected chi connectivity index (χ0v) is 8.38. The Morgan fingerprint density at radius 2 is 2.38 bits per heavy atom. The van der Waals surface area contributed by atoms with Crippen LogP contribution in [0, 0.1) is 6.92 Å². The molecule has 2 rings (SSSR count). The van der Waals surface area contributed by atoms with E-state index in [4.69, 9.17) is 5.73 Å². The molecule has 72 valence electrons. The number of rotatable bonds is 1. The summed E-state index contributed by atoms with van der Waals surface area (Å²) in [6, 6.07) is 0.325. The molecule has 0 radical (unpaired) electrons. The fourth-order valence-electron chi connectivity index (χ4n) is 2.12. The summed E-state index contributed by atoms with van der Waals surface area (Å²) in [6.45, 7) is 5.20. The van der Waals surface area contributed by atoms with Crippen LogP contribution in [0.4, 0.5) is 0 Å². The van der Waals surface area contributed by atoms with Gasteiger partial charge in [0, 0.05) is 24.7 Å². The standard InChI is InChI=1S/C10H17N3/c1-3-10-12-7(2)9-5-4-8(11)6-13(9)10/h8H,3-6,11H2,1-2H3. The molecule has 2 N–H and O–H groups in total. The van der Waals surface area contributed by atoms with Gasteiger partial charge in [0.05, 0.1) is 5.69 Å². The predicted octanol–water partition coefficient (Wildman–Crippen LogP) is 1.03. The van der Waals surface area contributed by atoms with Crippen LogP contribution in [0.25, 0.3) is 0 Å². The summed E-state index contributed by atoms with van der Waals surface area (Å²) in [4.78, 5) is 4.55. The van der Waals surface area contributed by atoms with E-state index in [-0.39, 0.29) is 0 Å². The van der Waals surface area contributed by atoms with E-state index in [1.165, 1.54) is 17.2 Å². The number of hydrogen-bond acceptors (Lipinski definition) is 2. The van der Waals surface area contributed by atoms with Crippen molar-refractivity contribution in [2.75, 3.05) is 0 Å². The quantitative estimate of drug-likeness (QED) is 0.699. The van der Waals surface area contributed by atoms with Crippen molar-refractivity contribution in [3.05, 3.63) is 17.2 Å². The van der Waals surface area contributed by atoms with Crippen molar-refractivity contribution in [2.24, 2.45) is 5.73 Å². The Kier molecular flexibility index (Phi) is 2.12. The van der Waals surface area contributed by atoms with E-state index < -0.39 is 0 Å². The van der Waals surface area contributed by atoms with Gasteiger partial charge in [-0.25, -0.2) is 4.98 Å². The number of aromatic nitrogens is 2. The summed E-state index contributed by atoms with van der Waals surface area (Å²) in [5.74, 6) is 1.20. The third-order valence-electron chi connectivity index (χ3n) is 2.84. The molecule has 2 heterocycles. The Balaban J connectivity index is 2.43. The van der Waals surface area contributed by atoms with Gasteiger partial charge in [-0.05, 0) is 19.8 Å². The van der Waals surface area contributed by atoms with E-state index in [0.29, 0.717) is 6.04 Å². The lowest BCUT2D eigenvalue weighted by atomic mass is 10.0. The zero-order valence-electron chi connectivity index (χ0n) is 8.38. The average Bonchev–Trinajstić information content (AvgIpc) is 2.42. The Hall–Kier alpha value is -0.830. The van der Waals surface area contributed by atoms with Crippen LogP contribution in [0.3, 0.4) is 0 Å². The summed E-state index contributed by atoms with van der Waals surface area (Å²) in [6.07, 6.45) is 3.21. The molecule has 0 saturated heterocycles. The molecule has 0 bridgehead atoms. The number of fused-ring (bicyclic) bond motifs is 1. The van der Waals surface area contributed by atoms with Crippen LogP contribution < -0.4 is 5.73 Å². The van der Waals surface area contributed by atoms with Crippen LogP contribution in [0.15, 0.2) is 0 Å². The van der Waals surface area contributed by atoms with Crippen molar-refractivity contribution in [3.63, 3.8) is 0 Å². The van der Waals surface area contributed by atoms with Crippen molar-refractivity contribution < 1.29 is 0 Å². The number of imidazole rings is 1. The van der Waals surface area contributed by atoms with E-state index in [1.807, 2.05) is 0 Å². The van der Waals surface area contributed by atoms with Crippen LogP contribution >= 0.6 is 0 Å². The Morgan fingerprint density at radius 1 is 1.62 bits per heavy atom. The minimum Gasteiger partial charge on any atom is -0.330 e. The first-order valence-corrected chi connectivity index (χ1v) is 5.02. The molecule has 0 aromatic carbocycles. The van der Waals surface area contributed by atoms with Crippen molar-refractivity contribution in [2.45, 2.75) is 45.7 Å².